The zero-order valence-electron chi connectivity index (χ0n) is 11.1. The molecule has 0 aromatic carbocycles. The maximum Gasteiger partial charge on any atom is 0.354 e. The number of carboxylic acids is 1. The molecule has 2 amide bonds. The third-order valence-electron chi connectivity index (χ3n) is 3.29. The molecule has 0 radical (unpaired) electrons. The zero-order chi connectivity index (χ0) is 14.5. The largest absolute Gasteiger partial charge is 0.477 e. The number of amides is 2. The first kappa shape index (κ1) is 14.6. The number of pyridine rings is 1. The molecule has 2 unspecified atom stereocenters. The van der Waals surface area contributed by atoms with Gasteiger partial charge in [-0.1, -0.05) is 0 Å². The van der Waals surface area contributed by atoms with Crippen molar-refractivity contribution in [3.63, 3.8) is 0 Å². The molecule has 1 aromatic rings. The van der Waals surface area contributed by atoms with Crippen LogP contribution in [0.5, 0.6) is 0 Å². The minimum atomic E-state index is -1.09. The van der Waals surface area contributed by atoms with Gasteiger partial charge in [-0.2, -0.15) is 11.8 Å². The molecule has 0 saturated heterocycles. The SMILES string of the molecule is CSC1CCC(NC(=O)Nc2ccc(C(=O)O)nc2)C1. The van der Waals surface area contributed by atoms with E-state index < -0.39 is 5.97 Å². The number of rotatable bonds is 4. The number of hydrogen-bond acceptors (Lipinski definition) is 4. The van der Waals surface area contributed by atoms with Crippen LogP contribution < -0.4 is 10.6 Å². The maximum atomic E-state index is 11.8. The van der Waals surface area contributed by atoms with E-state index in [0.717, 1.165) is 19.3 Å². The van der Waals surface area contributed by atoms with Crippen molar-refractivity contribution in [1.29, 1.82) is 0 Å². The number of nitrogens with zero attached hydrogens (tertiary/aromatic N) is 1. The number of aromatic carboxylic acids is 1. The van der Waals surface area contributed by atoms with E-state index in [1.54, 1.807) is 0 Å². The highest BCUT2D eigenvalue weighted by atomic mass is 32.2. The molecule has 1 aliphatic carbocycles. The van der Waals surface area contributed by atoms with Gasteiger partial charge in [0.25, 0.3) is 0 Å². The summed E-state index contributed by atoms with van der Waals surface area (Å²) in [6.07, 6.45) is 6.53. The molecule has 2 atom stereocenters. The molecule has 1 aliphatic rings. The fraction of sp³-hybridized carbons (Fsp3) is 0.462. The molecular weight excluding hydrogens is 278 g/mol. The van der Waals surface area contributed by atoms with Gasteiger partial charge in [0.2, 0.25) is 0 Å². The Labute approximate surface area is 121 Å². The van der Waals surface area contributed by atoms with Gasteiger partial charge in [-0.3, -0.25) is 0 Å². The summed E-state index contributed by atoms with van der Waals surface area (Å²) in [6, 6.07) is 2.81. The Morgan fingerprint density at radius 1 is 1.40 bits per heavy atom. The van der Waals surface area contributed by atoms with Gasteiger partial charge in [0.15, 0.2) is 0 Å². The van der Waals surface area contributed by atoms with Crippen molar-refractivity contribution in [1.82, 2.24) is 10.3 Å². The molecule has 1 aromatic heterocycles. The second-order valence-corrected chi connectivity index (χ2v) is 5.84. The fourth-order valence-electron chi connectivity index (χ4n) is 2.23. The molecular formula is C13H17N3O3S. The zero-order valence-corrected chi connectivity index (χ0v) is 11.9. The van der Waals surface area contributed by atoms with Crippen LogP contribution >= 0.6 is 11.8 Å². The lowest BCUT2D eigenvalue weighted by molar-refractivity contribution is 0.0690. The van der Waals surface area contributed by atoms with Crippen LogP contribution in [0.15, 0.2) is 18.3 Å². The number of carbonyl (C=O) groups is 2. The lowest BCUT2D eigenvalue weighted by Crippen LogP contribution is -2.36. The average molecular weight is 295 g/mol. The molecule has 20 heavy (non-hydrogen) atoms. The molecule has 1 fully saturated rings. The highest BCUT2D eigenvalue weighted by Crippen LogP contribution is 2.28. The van der Waals surface area contributed by atoms with Crippen LogP contribution in [0.25, 0.3) is 0 Å². The van der Waals surface area contributed by atoms with Crippen LogP contribution in [0.1, 0.15) is 29.8 Å². The van der Waals surface area contributed by atoms with Crippen molar-refractivity contribution in [2.75, 3.05) is 11.6 Å². The summed E-state index contributed by atoms with van der Waals surface area (Å²) in [5.74, 6) is -1.09. The van der Waals surface area contributed by atoms with E-state index in [4.69, 9.17) is 5.11 Å². The van der Waals surface area contributed by atoms with Crippen LogP contribution in [0.4, 0.5) is 10.5 Å². The van der Waals surface area contributed by atoms with Gasteiger partial charge in [0.1, 0.15) is 5.69 Å². The summed E-state index contributed by atoms with van der Waals surface area (Å²) in [6.45, 7) is 0. The predicted octanol–water partition coefficient (Wildman–Crippen LogP) is 2.19. The quantitative estimate of drug-likeness (QED) is 0.792. The van der Waals surface area contributed by atoms with Crippen LogP contribution in [0.3, 0.4) is 0 Å². The molecule has 1 saturated carbocycles. The number of nitrogens with one attached hydrogen (secondary N) is 2. The smallest absolute Gasteiger partial charge is 0.354 e. The Balaban J connectivity index is 1.84. The number of aromatic nitrogens is 1. The van der Waals surface area contributed by atoms with Crippen LogP contribution in [0, 0.1) is 0 Å². The van der Waals surface area contributed by atoms with E-state index in [0.29, 0.717) is 10.9 Å². The molecule has 6 nitrogen and oxygen atoms in total. The number of thioether (sulfide) groups is 1. The van der Waals surface area contributed by atoms with Crippen molar-refractivity contribution in [3.8, 4) is 0 Å². The van der Waals surface area contributed by atoms with E-state index in [1.807, 2.05) is 11.8 Å². The number of anilines is 1. The first-order chi connectivity index (χ1) is 9.58. The standard InChI is InChI=1S/C13H17N3O3S/c1-20-10-4-2-8(6-10)15-13(19)16-9-3-5-11(12(17)18)14-7-9/h3,5,7-8,10H,2,4,6H2,1H3,(H,17,18)(H2,15,16,19). The normalized spacial score (nSPS) is 21.4. The second kappa shape index (κ2) is 6.60. The molecule has 0 bridgehead atoms. The van der Waals surface area contributed by atoms with Crippen LogP contribution in [0.2, 0.25) is 0 Å². The van der Waals surface area contributed by atoms with Gasteiger partial charge < -0.3 is 15.7 Å². The third kappa shape index (κ3) is 3.86. The lowest BCUT2D eigenvalue weighted by atomic mass is 10.2. The Kier molecular flexibility index (Phi) is 4.84. The number of carboxylic acid groups (broad SMARTS) is 1. The van der Waals surface area contributed by atoms with Gasteiger partial charge >= 0.3 is 12.0 Å². The summed E-state index contributed by atoms with van der Waals surface area (Å²) in [5, 5.41) is 14.9. The Morgan fingerprint density at radius 3 is 2.75 bits per heavy atom. The fourth-order valence-corrected chi connectivity index (χ4v) is 3.03. The second-order valence-electron chi connectivity index (χ2n) is 4.70. The molecule has 0 aliphatic heterocycles. The highest BCUT2D eigenvalue weighted by molar-refractivity contribution is 7.99. The van der Waals surface area contributed by atoms with Gasteiger partial charge in [-0.15, -0.1) is 0 Å². The summed E-state index contributed by atoms with van der Waals surface area (Å²) in [5.41, 5.74) is 0.432. The van der Waals surface area contributed by atoms with Crippen molar-refractivity contribution in [2.45, 2.75) is 30.6 Å². The Morgan fingerprint density at radius 2 is 2.20 bits per heavy atom. The van der Waals surface area contributed by atoms with Gasteiger partial charge in [-0.25, -0.2) is 14.6 Å². The van der Waals surface area contributed by atoms with Gasteiger partial charge in [0.05, 0.1) is 11.9 Å². The predicted molar refractivity (Wildman–Crippen MR) is 78.3 cm³/mol. The highest BCUT2D eigenvalue weighted by Gasteiger charge is 2.25. The number of hydrogen-bond donors (Lipinski definition) is 3. The van der Waals surface area contributed by atoms with E-state index in [1.165, 1.54) is 18.3 Å². The van der Waals surface area contributed by atoms with Gasteiger partial charge in [-0.05, 0) is 37.7 Å². The van der Waals surface area contributed by atoms with Gasteiger partial charge in [0, 0.05) is 11.3 Å². The van der Waals surface area contributed by atoms with Crippen molar-refractivity contribution >= 4 is 29.4 Å². The topological polar surface area (TPSA) is 91.3 Å². The minimum Gasteiger partial charge on any atom is -0.477 e. The molecule has 7 heteroatoms. The third-order valence-corrected chi connectivity index (χ3v) is 4.39. The first-order valence-electron chi connectivity index (χ1n) is 6.38. The van der Waals surface area contributed by atoms with Crippen LogP contribution in [-0.2, 0) is 0 Å². The summed E-state index contributed by atoms with van der Waals surface area (Å²) >= 11 is 1.83. The maximum absolute atomic E-state index is 11.8. The number of carbonyl (C=O) groups excluding carboxylic acids is 1. The van der Waals surface area contributed by atoms with Crippen molar-refractivity contribution in [3.05, 3.63) is 24.0 Å². The van der Waals surface area contributed by atoms with E-state index in [9.17, 15) is 9.59 Å². The van der Waals surface area contributed by atoms with E-state index >= 15 is 0 Å². The van der Waals surface area contributed by atoms with E-state index in [-0.39, 0.29) is 17.8 Å². The van der Waals surface area contributed by atoms with Crippen molar-refractivity contribution < 1.29 is 14.7 Å². The molecule has 3 N–H and O–H groups in total. The monoisotopic (exact) mass is 295 g/mol. The summed E-state index contributed by atoms with van der Waals surface area (Å²) in [4.78, 5) is 26.2. The molecule has 2 rings (SSSR count). The summed E-state index contributed by atoms with van der Waals surface area (Å²) in [7, 11) is 0. The van der Waals surface area contributed by atoms with Crippen molar-refractivity contribution in [2.24, 2.45) is 0 Å². The summed E-state index contributed by atoms with van der Waals surface area (Å²) < 4.78 is 0. The Hall–Kier alpha value is -1.76. The number of urea groups is 1. The average Bonchev–Trinajstić information content (AvgIpc) is 2.86. The minimum absolute atomic E-state index is 0.0467. The Bertz CT molecular complexity index is 492. The molecule has 108 valence electrons. The van der Waals surface area contributed by atoms with Crippen LogP contribution in [-0.4, -0.2) is 39.6 Å². The first-order valence-corrected chi connectivity index (χ1v) is 7.67. The molecule has 1 heterocycles. The van der Waals surface area contributed by atoms with E-state index in [2.05, 4.69) is 21.9 Å². The lowest BCUT2D eigenvalue weighted by Gasteiger charge is -2.13. The molecule has 0 spiro atoms.